The van der Waals surface area contributed by atoms with Crippen LogP contribution >= 0.6 is 12.2 Å². The fourth-order valence-corrected chi connectivity index (χ4v) is 3.14. The number of nitrogens with zero attached hydrogens (tertiary/aromatic N) is 2. The summed E-state index contributed by atoms with van der Waals surface area (Å²) in [6.45, 7) is 0. The van der Waals surface area contributed by atoms with Crippen molar-refractivity contribution < 1.29 is 12.8 Å². The van der Waals surface area contributed by atoms with Crippen LogP contribution in [0.2, 0.25) is 0 Å². The highest BCUT2D eigenvalue weighted by Crippen LogP contribution is 2.25. The van der Waals surface area contributed by atoms with Gasteiger partial charge in [0.25, 0.3) is 10.0 Å². The minimum Gasteiger partial charge on any atom is -0.389 e. The third-order valence-electron chi connectivity index (χ3n) is 2.85. The monoisotopic (exact) mass is 325 g/mol. The largest absolute Gasteiger partial charge is 0.389 e. The van der Waals surface area contributed by atoms with Crippen LogP contribution in [0, 0.1) is 5.82 Å². The number of thiocarbonyl (C=S) groups is 1. The normalized spacial score (nSPS) is 11.1. The molecule has 0 amide bonds. The van der Waals surface area contributed by atoms with Crippen molar-refractivity contribution in [3.05, 3.63) is 54.1 Å². The van der Waals surface area contributed by atoms with Crippen molar-refractivity contribution >= 4 is 32.9 Å². The second-order valence-corrected chi connectivity index (χ2v) is 6.60. The molecule has 2 aromatic rings. The summed E-state index contributed by atoms with van der Waals surface area (Å²) in [6, 6.07) is 7.45. The first-order chi connectivity index (χ1) is 9.84. The molecule has 110 valence electrons. The van der Waals surface area contributed by atoms with Crippen molar-refractivity contribution in [3.8, 4) is 0 Å². The Labute approximate surface area is 127 Å². The Bertz CT molecular complexity index is 794. The lowest BCUT2D eigenvalue weighted by Crippen LogP contribution is -2.29. The second-order valence-electron chi connectivity index (χ2n) is 4.19. The Kier molecular flexibility index (Phi) is 4.19. The van der Waals surface area contributed by atoms with E-state index >= 15 is 0 Å². The standard InChI is InChI=1S/C13H12FN3O2S2/c1-17(12-5-3-2-4-11(12)13(15)20)21(18,19)10-6-9(14)7-16-8-10/h2-8H,1H3,(H2,15,20). The van der Waals surface area contributed by atoms with E-state index in [0.717, 1.165) is 22.8 Å². The lowest BCUT2D eigenvalue weighted by atomic mass is 10.2. The summed E-state index contributed by atoms with van der Waals surface area (Å²) in [5.41, 5.74) is 6.33. The molecule has 2 N–H and O–H groups in total. The number of halogens is 1. The molecule has 0 spiro atoms. The van der Waals surface area contributed by atoms with Crippen LogP contribution in [-0.2, 0) is 10.0 Å². The summed E-state index contributed by atoms with van der Waals surface area (Å²) in [5, 5.41) is 0. The minimum absolute atomic E-state index is 0.0741. The van der Waals surface area contributed by atoms with Gasteiger partial charge < -0.3 is 5.73 Å². The molecular weight excluding hydrogens is 313 g/mol. The zero-order chi connectivity index (χ0) is 15.6. The number of benzene rings is 1. The Hall–Kier alpha value is -2.06. The molecule has 0 saturated carbocycles. The molecule has 21 heavy (non-hydrogen) atoms. The van der Waals surface area contributed by atoms with Gasteiger partial charge >= 0.3 is 0 Å². The topological polar surface area (TPSA) is 76.3 Å². The molecule has 1 heterocycles. The van der Waals surface area contributed by atoms with E-state index in [1.807, 2.05) is 0 Å². The van der Waals surface area contributed by atoms with Gasteiger partial charge in [-0.05, 0) is 18.2 Å². The van der Waals surface area contributed by atoms with E-state index < -0.39 is 15.8 Å². The predicted molar refractivity (Wildman–Crippen MR) is 82.1 cm³/mol. The maximum absolute atomic E-state index is 13.2. The maximum Gasteiger partial charge on any atom is 0.265 e. The molecule has 1 aromatic carbocycles. The highest BCUT2D eigenvalue weighted by atomic mass is 32.2. The molecule has 0 bridgehead atoms. The van der Waals surface area contributed by atoms with Gasteiger partial charge in [0.15, 0.2) is 0 Å². The molecule has 8 heteroatoms. The number of para-hydroxylation sites is 1. The average Bonchev–Trinajstić information content (AvgIpc) is 2.46. The van der Waals surface area contributed by atoms with Crippen molar-refractivity contribution in [3.63, 3.8) is 0 Å². The molecule has 5 nitrogen and oxygen atoms in total. The summed E-state index contributed by atoms with van der Waals surface area (Å²) in [5.74, 6) is -0.730. The number of pyridine rings is 1. The van der Waals surface area contributed by atoms with Crippen molar-refractivity contribution in [1.29, 1.82) is 0 Å². The van der Waals surface area contributed by atoms with Crippen LogP contribution in [-0.4, -0.2) is 25.4 Å². The van der Waals surface area contributed by atoms with Crippen molar-refractivity contribution in [2.24, 2.45) is 5.73 Å². The van der Waals surface area contributed by atoms with Crippen LogP contribution in [0.3, 0.4) is 0 Å². The van der Waals surface area contributed by atoms with Crippen LogP contribution < -0.4 is 10.0 Å². The number of nitrogens with two attached hydrogens (primary N) is 1. The Morgan fingerprint density at radius 2 is 2.00 bits per heavy atom. The molecule has 0 radical (unpaired) electrons. The van der Waals surface area contributed by atoms with Crippen LogP contribution in [0.1, 0.15) is 5.56 Å². The van der Waals surface area contributed by atoms with Crippen molar-refractivity contribution in [2.75, 3.05) is 11.4 Å². The van der Waals surface area contributed by atoms with Gasteiger partial charge in [-0.3, -0.25) is 9.29 Å². The molecule has 0 aliphatic carbocycles. The molecule has 0 aliphatic heterocycles. The molecule has 0 fully saturated rings. The lowest BCUT2D eigenvalue weighted by molar-refractivity contribution is 0.587. The summed E-state index contributed by atoms with van der Waals surface area (Å²) >= 11 is 4.91. The Morgan fingerprint density at radius 1 is 1.33 bits per heavy atom. The van der Waals surface area contributed by atoms with Gasteiger partial charge in [0.05, 0.1) is 11.9 Å². The summed E-state index contributed by atoms with van der Waals surface area (Å²) in [6.07, 6.45) is 2.01. The summed E-state index contributed by atoms with van der Waals surface area (Å²) in [7, 11) is -2.61. The van der Waals surface area contributed by atoms with Gasteiger partial charge in [0.2, 0.25) is 0 Å². The molecule has 0 aliphatic rings. The smallest absolute Gasteiger partial charge is 0.265 e. The van der Waals surface area contributed by atoms with E-state index in [2.05, 4.69) is 4.98 Å². The van der Waals surface area contributed by atoms with Crippen LogP contribution in [0.15, 0.2) is 47.6 Å². The van der Waals surface area contributed by atoms with E-state index in [1.54, 1.807) is 24.3 Å². The first-order valence-corrected chi connectivity index (χ1v) is 7.67. The van der Waals surface area contributed by atoms with Crippen molar-refractivity contribution in [2.45, 2.75) is 4.90 Å². The fourth-order valence-electron chi connectivity index (χ4n) is 1.78. The number of hydrogen-bond donors (Lipinski definition) is 1. The van der Waals surface area contributed by atoms with Crippen LogP contribution in [0.4, 0.5) is 10.1 Å². The number of hydrogen-bond acceptors (Lipinski definition) is 4. The minimum atomic E-state index is -3.95. The maximum atomic E-state index is 13.2. The van der Waals surface area contributed by atoms with Crippen LogP contribution in [0.25, 0.3) is 0 Å². The Morgan fingerprint density at radius 3 is 2.62 bits per heavy atom. The quantitative estimate of drug-likeness (QED) is 0.866. The summed E-state index contributed by atoms with van der Waals surface area (Å²) < 4.78 is 39.2. The molecule has 0 saturated heterocycles. The fraction of sp³-hybridized carbons (Fsp3) is 0.0769. The van der Waals surface area contributed by atoms with Gasteiger partial charge in [-0.25, -0.2) is 12.8 Å². The van der Waals surface area contributed by atoms with Gasteiger partial charge in [-0.2, -0.15) is 0 Å². The number of sulfonamides is 1. The highest BCUT2D eigenvalue weighted by molar-refractivity contribution is 7.92. The van der Waals surface area contributed by atoms with E-state index in [1.165, 1.54) is 7.05 Å². The SMILES string of the molecule is CN(c1ccccc1C(N)=S)S(=O)(=O)c1cncc(F)c1. The zero-order valence-corrected chi connectivity index (χ0v) is 12.7. The average molecular weight is 325 g/mol. The Balaban J connectivity index is 2.54. The first kappa shape index (κ1) is 15.3. The predicted octanol–water partition coefficient (Wildman–Crippen LogP) is 1.68. The molecule has 0 atom stereocenters. The van der Waals surface area contributed by atoms with E-state index in [9.17, 15) is 12.8 Å². The van der Waals surface area contributed by atoms with Gasteiger partial charge in [-0.1, -0.05) is 24.4 Å². The second kappa shape index (κ2) is 5.74. The molecule has 2 rings (SSSR count). The number of aromatic nitrogens is 1. The third kappa shape index (κ3) is 3.01. The molecule has 1 aromatic heterocycles. The number of rotatable bonds is 4. The van der Waals surface area contributed by atoms with E-state index in [-0.39, 0.29) is 9.88 Å². The van der Waals surface area contributed by atoms with Gasteiger partial charge in [0, 0.05) is 18.8 Å². The zero-order valence-electron chi connectivity index (χ0n) is 11.0. The van der Waals surface area contributed by atoms with E-state index in [0.29, 0.717) is 11.3 Å². The molecular formula is C13H12FN3O2S2. The third-order valence-corrected chi connectivity index (χ3v) is 4.80. The van der Waals surface area contributed by atoms with Gasteiger partial charge in [-0.15, -0.1) is 0 Å². The summed E-state index contributed by atoms with van der Waals surface area (Å²) in [4.78, 5) is 3.38. The number of anilines is 1. The van der Waals surface area contributed by atoms with E-state index in [4.69, 9.17) is 18.0 Å². The molecule has 0 unspecified atom stereocenters. The van der Waals surface area contributed by atoms with Crippen molar-refractivity contribution in [1.82, 2.24) is 4.98 Å². The lowest BCUT2D eigenvalue weighted by Gasteiger charge is -2.21. The first-order valence-electron chi connectivity index (χ1n) is 5.82. The highest BCUT2D eigenvalue weighted by Gasteiger charge is 2.24. The van der Waals surface area contributed by atoms with Crippen LogP contribution in [0.5, 0.6) is 0 Å². The van der Waals surface area contributed by atoms with Gasteiger partial charge in [0.1, 0.15) is 15.7 Å².